The summed E-state index contributed by atoms with van der Waals surface area (Å²) in [5.41, 5.74) is 2.31. The zero-order valence-electron chi connectivity index (χ0n) is 13.6. The molecule has 136 valence electrons. The molecule has 27 heavy (non-hydrogen) atoms. The van der Waals surface area contributed by atoms with Gasteiger partial charge in [-0.25, -0.2) is 19.3 Å². The predicted octanol–water partition coefficient (Wildman–Crippen LogP) is 4.06. The van der Waals surface area contributed by atoms with E-state index in [0.717, 1.165) is 27.4 Å². The molecule has 0 saturated carbocycles. The van der Waals surface area contributed by atoms with Crippen molar-refractivity contribution in [1.82, 2.24) is 24.8 Å². The highest BCUT2D eigenvalue weighted by Gasteiger charge is 2.37. The van der Waals surface area contributed by atoms with E-state index in [4.69, 9.17) is 11.6 Å². The number of hydrogen-bond donors (Lipinski definition) is 1. The summed E-state index contributed by atoms with van der Waals surface area (Å²) in [5.74, 6) is -0.551. The first-order valence-electron chi connectivity index (χ1n) is 8.10. The molecule has 0 aliphatic carbocycles. The quantitative estimate of drug-likeness (QED) is 0.531. The third-order valence-corrected chi connectivity index (χ3v) is 6.64. The Morgan fingerprint density at radius 3 is 3.04 bits per heavy atom. The van der Waals surface area contributed by atoms with E-state index < -0.39 is 6.04 Å². The number of halogens is 2. The maximum Gasteiger partial charge on any atom is 0.283 e. The summed E-state index contributed by atoms with van der Waals surface area (Å²) in [6.07, 6.45) is 3.76. The van der Waals surface area contributed by atoms with E-state index in [2.05, 4.69) is 19.9 Å². The summed E-state index contributed by atoms with van der Waals surface area (Å²) >= 11 is 8.53. The minimum Gasteiger partial charge on any atom is -0.348 e. The number of H-pyrrole nitrogens is 1. The number of rotatable bonds is 2. The Morgan fingerprint density at radius 1 is 1.33 bits per heavy atom. The molecule has 4 aromatic rings. The van der Waals surface area contributed by atoms with Crippen molar-refractivity contribution in [2.75, 3.05) is 6.54 Å². The van der Waals surface area contributed by atoms with Crippen molar-refractivity contribution >= 4 is 50.4 Å². The van der Waals surface area contributed by atoms with Gasteiger partial charge in [0.2, 0.25) is 0 Å². The molecule has 1 aliphatic rings. The van der Waals surface area contributed by atoms with Crippen LogP contribution in [0.2, 0.25) is 4.34 Å². The standard InChI is InChI=1S/C17H11ClFN5OS2/c18-12-6-20-16(27-12)17(25)24-4-3-9-13(22-7-21-9)14(24)15-23-10-5-8(19)1-2-11(10)26-15/h1-2,5-7,14H,3-4H2,(H,21,22)/t14-/m0/s1. The molecule has 10 heteroatoms. The number of nitrogens with zero attached hydrogens (tertiary/aromatic N) is 4. The molecule has 0 fully saturated rings. The van der Waals surface area contributed by atoms with E-state index in [1.54, 1.807) is 17.3 Å². The molecule has 4 heterocycles. The van der Waals surface area contributed by atoms with Gasteiger partial charge in [-0.1, -0.05) is 22.9 Å². The molecular weight excluding hydrogens is 409 g/mol. The van der Waals surface area contributed by atoms with Crippen molar-refractivity contribution in [2.45, 2.75) is 12.5 Å². The van der Waals surface area contributed by atoms with Gasteiger partial charge < -0.3 is 9.88 Å². The number of aromatic nitrogens is 4. The molecular formula is C17H11ClFN5OS2. The first kappa shape index (κ1) is 16.8. The van der Waals surface area contributed by atoms with Crippen LogP contribution >= 0.6 is 34.3 Å². The lowest BCUT2D eigenvalue weighted by Gasteiger charge is -2.33. The average molecular weight is 420 g/mol. The molecule has 0 unspecified atom stereocenters. The summed E-state index contributed by atoms with van der Waals surface area (Å²) in [6.45, 7) is 0.500. The number of carbonyl (C=O) groups is 1. The maximum absolute atomic E-state index is 13.6. The lowest BCUT2D eigenvalue weighted by molar-refractivity contribution is 0.0690. The monoisotopic (exact) mass is 419 g/mol. The molecule has 5 rings (SSSR count). The Morgan fingerprint density at radius 2 is 2.22 bits per heavy atom. The second-order valence-electron chi connectivity index (χ2n) is 6.05. The summed E-state index contributed by atoms with van der Waals surface area (Å²) in [5, 5.41) is 1.02. The van der Waals surface area contributed by atoms with Crippen LogP contribution in [0.1, 0.15) is 32.2 Å². The van der Waals surface area contributed by atoms with Crippen molar-refractivity contribution in [3.05, 3.63) is 62.3 Å². The number of carbonyl (C=O) groups excluding carboxylic acids is 1. The summed E-state index contributed by atoms with van der Waals surface area (Å²) in [7, 11) is 0. The second kappa shape index (κ2) is 6.36. The van der Waals surface area contributed by atoms with Crippen LogP contribution < -0.4 is 0 Å². The predicted molar refractivity (Wildman–Crippen MR) is 102 cm³/mol. The van der Waals surface area contributed by atoms with Crippen molar-refractivity contribution in [2.24, 2.45) is 0 Å². The maximum atomic E-state index is 13.6. The van der Waals surface area contributed by atoms with Crippen LogP contribution in [-0.4, -0.2) is 37.3 Å². The van der Waals surface area contributed by atoms with Gasteiger partial charge in [-0.2, -0.15) is 0 Å². The minimum atomic E-state index is -0.448. The van der Waals surface area contributed by atoms with Gasteiger partial charge in [0.15, 0.2) is 5.01 Å². The van der Waals surface area contributed by atoms with Gasteiger partial charge in [0, 0.05) is 24.7 Å². The lowest BCUT2D eigenvalue weighted by atomic mass is 10.0. The van der Waals surface area contributed by atoms with Crippen molar-refractivity contribution < 1.29 is 9.18 Å². The number of fused-ring (bicyclic) bond motifs is 2. The van der Waals surface area contributed by atoms with Crippen molar-refractivity contribution in [3.8, 4) is 0 Å². The molecule has 3 aromatic heterocycles. The summed E-state index contributed by atoms with van der Waals surface area (Å²) in [6, 6.07) is 4.06. The topological polar surface area (TPSA) is 74.8 Å². The highest BCUT2D eigenvalue weighted by molar-refractivity contribution is 7.18. The number of benzene rings is 1. The molecule has 1 N–H and O–H groups in total. The van der Waals surface area contributed by atoms with Crippen molar-refractivity contribution in [1.29, 1.82) is 0 Å². The Hall–Kier alpha value is -2.36. The SMILES string of the molecule is O=C(c1ncc(Cl)s1)N1CCc2[nH]cnc2[C@H]1c1nc2cc(F)ccc2s1. The number of thiazole rings is 2. The van der Waals surface area contributed by atoms with Crippen LogP contribution in [0.4, 0.5) is 4.39 Å². The Bertz CT molecular complexity index is 1170. The van der Waals surface area contributed by atoms with Crippen LogP contribution in [0.25, 0.3) is 10.2 Å². The zero-order chi connectivity index (χ0) is 18.5. The third kappa shape index (κ3) is 2.82. The van der Waals surface area contributed by atoms with Gasteiger partial charge in [-0.15, -0.1) is 11.3 Å². The normalized spacial score (nSPS) is 16.7. The van der Waals surface area contributed by atoms with E-state index in [1.165, 1.54) is 29.7 Å². The first-order valence-corrected chi connectivity index (χ1v) is 10.1. The Balaban J connectivity index is 1.63. The molecule has 0 radical (unpaired) electrons. The molecule has 0 bridgehead atoms. The van der Waals surface area contributed by atoms with Gasteiger partial charge in [0.25, 0.3) is 5.91 Å². The molecule has 1 aliphatic heterocycles. The Labute approximate surface area is 165 Å². The van der Waals surface area contributed by atoms with E-state index in [-0.39, 0.29) is 11.7 Å². The number of hydrogen-bond acceptors (Lipinski definition) is 6. The van der Waals surface area contributed by atoms with Crippen molar-refractivity contribution in [3.63, 3.8) is 0 Å². The van der Waals surface area contributed by atoms with E-state index >= 15 is 0 Å². The fourth-order valence-electron chi connectivity index (χ4n) is 3.26. The fourth-order valence-corrected chi connectivity index (χ4v) is 5.19. The van der Waals surface area contributed by atoms with E-state index in [9.17, 15) is 9.18 Å². The molecule has 1 amide bonds. The number of nitrogens with one attached hydrogen (secondary N) is 1. The largest absolute Gasteiger partial charge is 0.348 e. The third-order valence-electron chi connectivity index (χ3n) is 4.45. The lowest BCUT2D eigenvalue weighted by Crippen LogP contribution is -2.40. The number of aromatic amines is 1. The summed E-state index contributed by atoms with van der Waals surface area (Å²) < 4.78 is 14.9. The minimum absolute atomic E-state index is 0.212. The van der Waals surface area contributed by atoms with Crippen LogP contribution in [0.3, 0.4) is 0 Å². The van der Waals surface area contributed by atoms with E-state index in [1.807, 2.05) is 0 Å². The zero-order valence-corrected chi connectivity index (χ0v) is 16.0. The fraction of sp³-hybridized carbons (Fsp3) is 0.176. The van der Waals surface area contributed by atoms with Gasteiger partial charge in [-0.05, 0) is 12.1 Å². The second-order valence-corrected chi connectivity index (χ2v) is 8.78. The Kier molecular flexibility index (Phi) is 3.96. The molecule has 0 saturated heterocycles. The highest BCUT2D eigenvalue weighted by atomic mass is 35.5. The van der Waals surface area contributed by atoms with Crippen LogP contribution in [0, 0.1) is 5.82 Å². The van der Waals surface area contributed by atoms with Gasteiger partial charge in [0.05, 0.1) is 28.4 Å². The van der Waals surface area contributed by atoms with Crippen LogP contribution in [0.5, 0.6) is 0 Å². The van der Waals surface area contributed by atoms with Gasteiger partial charge >= 0.3 is 0 Å². The van der Waals surface area contributed by atoms with Crippen LogP contribution in [-0.2, 0) is 6.42 Å². The molecule has 6 nitrogen and oxygen atoms in total. The van der Waals surface area contributed by atoms with Crippen LogP contribution in [0.15, 0.2) is 30.7 Å². The van der Waals surface area contributed by atoms with E-state index in [0.29, 0.717) is 32.8 Å². The smallest absolute Gasteiger partial charge is 0.283 e. The van der Waals surface area contributed by atoms with Gasteiger partial charge in [0.1, 0.15) is 21.2 Å². The molecule has 1 aromatic carbocycles. The number of amides is 1. The average Bonchev–Trinajstić information content (AvgIpc) is 3.38. The highest BCUT2D eigenvalue weighted by Crippen LogP contribution is 2.38. The van der Waals surface area contributed by atoms with Gasteiger partial charge in [-0.3, -0.25) is 4.79 Å². The molecule has 0 spiro atoms. The number of imidazole rings is 1. The first-order chi connectivity index (χ1) is 13.1. The molecule has 1 atom stereocenters. The summed E-state index contributed by atoms with van der Waals surface area (Å²) in [4.78, 5) is 31.1.